The molecule has 2 rings (SSSR count). The van der Waals surface area contributed by atoms with Crippen molar-refractivity contribution >= 4 is 11.3 Å². The molecule has 0 spiro atoms. The first kappa shape index (κ1) is 14.8. The van der Waals surface area contributed by atoms with Crippen LogP contribution < -0.4 is 14.8 Å². The predicted molar refractivity (Wildman–Crippen MR) is 81.4 cm³/mol. The minimum Gasteiger partial charge on any atom is -0.497 e. The summed E-state index contributed by atoms with van der Waals surface area (Å²) >= 11 is 1.60. The molecule has 108 valence electrons. The molecule has 0 saturated carbocycles. The SMILES string of the molecule is CCCNCc1ccc(OC)cc1OCc1nccs1. The van der Waals surface area contributed by atoms with Crippen LogP contribution >= 0.6 is 11.3 Å². The average molecular weight is 292 g/mol. The number of nitrogens with zero attached hydrogens (tertiary/aromatic N) is 1. The highest BCUT2D eigenvalue weighted by Gasteiger charge is 2.07. The molecule has 0 saturated heterocycles. The number of nitrogens with one attached hydrogen (secondary N) is 1. The topological polar surface area (TPSA) is 43.4 Å². The zero-order valence-corrected chi connectivity index (χ0v) is 12.7. The lowest BCUT2D eigenvalue weighted by Gasteiger charge is -2.13. The Labute approximate surface area is 123 Å². The monoisotopic (exact) mass is 292 g/mol. The lowest BCUT2D eigenvalue weighted by molar-refractivity contribution is 0.299. The lowest BCUT2D eigenvalue weighted by atomic mass is 10.2. The van der Waals surface area contributed by atoms with Crippen LogP contribution in [0.4, 0.5) is 0 Å². The van der Waals surface area contributed by atoms with Crippen LogP contribution in [-0.4, -0.2) is 18.6 Å². The summed E-state index contributed by atoms with van der Waals surface area (Å²) in [6.45, 7) is 4.44. The Morgan fingerprint density at radius 1 is 1.35 bits per heavy atom. The van der Waals surface area contributed by atoms with Gasteiger partial charge >= 0.3 is 0 Å². The number of benzene rings is 1. The Kier molecular flexibility index (Phi) is 5.83. The molecule has 0 aliphatic carbocycles. The fourth-order valence-electron chi connectivity index (χ4n) is 1.81. The van der Waals surface area contributed by atoms with Gasteiger partial charge in [0.05, 0.1) is 7.11 Å². The average Bonchev–Trinajstić information content (AvgIpc) is 2.99. The molecule has 1 aromatic carbocycles. The summed E-state index contributed by atoms with van der Waals surface area (Å²) in [5, 5.41) is 6.31. The largest absolute Gasteiger partial charge is 0.497 e. The van der Waals surface area contributed by atoms with Gasteiger partial charge in [-0.2, -0.15) is 0 Å². The van der Waals surface area contributed by atoms with Crippen LogP contribution in [0.1, 0.15) is 23.9 Å². The fourth-order valence-corrected chi connectivity index (χ4v) is 2.33. The molecular weight excluding hydrogens is 272 g/mol. The second-order valence-electron chi connectivity index (χ2n) is 4.36. The van der Waals surface area contributed by atoms with Crippen molar-refractivity contribution < 1.29 is 9.47 Å². The van der Waals surface area contributed by atoms with Crippen molar-refractivity contribution in [1.82, 2.24) is 10.3 Å². The van der Waals surface area contributed by atoms with E-state index in [-0.39, 0.29) is 0 Å². The molecule has 0 aliphatic heterocycles. The number of hydrogen-bond acceptors (Lipinski definition) is 5. The van der Waals surface area contributed by atoms with Gasteiger partial charge < -0.3 is 14.8 Å². The van der Waals surface area contributed by atoms with Crippen molar-refractivity contribution in [1.29, 1.82) is 0 Å². The summed E-state index contributed by atoms with van der Waals surface area (Å²) < 4.78 is 11.1. The predicted octanol–water partition coefficient (Wildman–Crippen LogP) is 3.23. The Morgan fingerprint density at radius 3 is 2.95 bits per heavy atom. The summed E-state index contributed by atoms with van der Waals surface area (Å²) in [5.41, 5.74) is 1.14. The van der Waals surface area contributed by atoms with E-state index in [2.05, 4.69) is 17.2 Å². The van der Waals surface area contributed by atoms with Gasteiger partial charge in [-0.3, -0.25) is 0 Å². The number of thiazole rings is 1. The van der Waals surface area contributed by atoms with E-state index in [0.29, 0.717) is 6.61 Å². The summed E-state index contributed by atoms with van der Waals surface area (Å²) in [6, 6.07) is 5.93. The molecule has 4 nitrogen and oxygen atoms in total. The highest BCUT2D eigenvalue weighted by molar-refractivity contribution is 7.09. The third-order valence-electron chi connectivity index (χ3n) is 2.85. The van der Waals surface area contributed by atoms with E-state index in [9.17, 15) is 0 Å². The maximum Gasteiger partial charge on any atom is 0.140 e. The number of rotatable bonds is 8. The zero-order chi connectivity index (χ0) is 14.2. The van der Waals surface area contributed by atoms with Crippen LogP contribution in [0.5, 0.6) is 11.5 Å². The van der Waals surface area contributed by atoms with E-state index >= 15 is 0 Å². The van der Waals surface area contributed by atoms with Crippen molar-refractivity contribution in [2.75, 3.05) is 13.7 Å². The van der Waals surface area contributed by atoms with E-state index in [0.717, 1.165) is 41.6 Å². The minimum absolute atomic E-state index is 0.492. The van der Waals surface area contributed by atoms with E-state index < -0.39 is 0 Å². The van der Waals surface area contributed by atoms with E-state index in [4.69, 9.17) is 9.47 Å². The highest BCUT2D eigenvalue weighted by atomic mass is 32.1. The Hall–Kier alpha value is -1.59. The number of ether oxygens (including phenoxy) is 2. The standard InChI is InChI=1S/C15H20N2O2S/c1-3-6-16-10-12-4-5-13(18-2)9-14(12)19-11-15-17-7-8-20-15/h4-5,7-9,16H,3,6,10-11H2,1-2H3. The van der Waals surface area contributed by atoms with Gasteiger partial charge in [-0.25, -0.2) is 4.98 Å². The highest BCUT2D eigenvalue weighted by Crippen LogP contribution is 2.26. The van der Waals surface area contributed by atoms with Gasteiger partial charge in [0.2, 0.25) is 0 Å². The zero-order valence-electron chi connectivity index (χ0n) is 11.9. The summed E-state index contributed by atoms with van der Waals surface area (Å²) in [6.07, 6.45) is 2.91. The van der Waals surface area contributed by atoms with Crippen molar-refractivity contribution in [2.45, 2.75) is 26.5 Å². The molecule has 5 heteroatoms. The summed E-state index contributed by atoms with van der Waals surface area (Å²) in [5.74, 6) is 1.65. The Balaban J connectivity index is 2.05. The molecule has 20 heavy (non-hydrogen) atoms. The molecule has 1 aromatic heterocycles. The first-order chi connectivity index (χ1) is 9.83. The Bertz CT molecular complexity index is 515. The smallest absolute Gasteiger partial charge is 0.140 e. The quantitative estimate of drug-likeness (QED) is 0.759. The van der Waals surface area contributed by atoms with Gasteiger partial charge in [0.15, 0.2) is 0 Å². The van der Waals surface area contributed by atoms with Crippen molar-refractivity contribution in [3.63, 3.8) is 0 Å². The molecule has 0 aliphatic rings. The second kappa shape index (κ2) is 7.87. The van der Waals surface area contributed by atoms with Crippen LogP contribution in [0.3, 0.4) is 0 Å². The molecule has 0 amide bonds. The van der Waals surface area contributed by atoms with Gasteiger partial charge in [-0.05, 0) is 19.0 Å². The molecule has 0 unspecified atom stereocenters. The fraction of sp³-hybridized carbons (Fsp3) is 0.400. The van der Waals surface area contributed by atoms with Crippen LogP contribution in [-0.2, 0) is 13.2 Å². The van der Waals surface area contributed by atoms with Gasteiger partial charge in [0.1, 0.15) is 23.1 Å². The minimum atomic E-state index is 0.492. The van der Waals surface area contributed by atoms with Gasteiger partial charge in [-0.1, -0.05) is 13.0 Å². The summed E-state index contributed by atoms with van der Waals surface area (Å²) in [4.78, 5) is 4.23. The molecule has 0 atom stereocenters. The van der Waals surface area contributed by atoms with Crippen LogP contribution in [0.25, 0.3) is 0 Å². The van der Waals surface area contributed by atoms with E-state index in [1.807, 2.05) is 23.6 Å². The van der Waals surface area contributed by atoms with Crippen molar-refractivity contribution in [3.05, 3.63) is 40.3 Å². The van der Waals surface area contributed by atoms with Gasteiger partial charge in [-0.15, -0.1) is 11.3 Å². The lowest BCUT2D eigenvalue weighted by Crippen LogP contribution is -2.14. The number of methoxy groups -OCH3 is 1. The molecule has 1 heterocycles. The third-order valence-corrected chi connectivity index (χ3v) is 3.60. The normalized spacial score (nSPS) is 10.5. The molecule has 0 bridgehead atoms. The van der Waals surface area contributed by atoms with E-state index in [1.54, 1.807) is 24.6 Å². The molecular formula is C15H20N2O2S. The maximum absolute atomic E-state index is 5.88. The first-order valence-electron chi connectivity index (χ1n) is 6.72. The summed E-state index contributed by atoms with van der Waals surface area (Å²) in [7, 11) is 1.66. The number of aromatic nitrogens is 1. The van der Waals surface area contributed by atoms with Gasteiger partial charge in [0, 0.05) is 29.8 Å². The maximum atomic E-state index is 5.88. The number of hydrogen-bond donors (Lipinski definition) is 1. The van der Waals surface area contributed by atoms with E-state index in [1.165, 1.54) is 0 Å². The Morgan fingerprint density at radius 2 is 2.25 bits per heavy atom. The van der Waals surface area contributed by atoms with Gasteiger partial charge in [0.25, 0.3) is 0 Å². The molecule has 2 aromatic rings. The molecule has 1 N–H and O–H groups in total. The molecule has 0 radical (unpaired) electrons. The van der Waals surface area contributed by atoms with Crippen molar-refractivity contribution in [3.8, 4) is 11.5 Å². The second-order valence-corrected chi connectivity index (χ2v) is 5.34. The molecule has 0 fully saturated rings. The van der Waals surface area contributed by atoms with Crippen LogP contribution in [0.15, 0.2) is 29.8 Å². The van der Waals surface area contributed by atoms with Crippen LogP contribution in [0, 0.1) is 0 Å². The third kappa shape index (κ3) is 4.21. The first-order valence-corrected chi connectivity index (χ1v) is 7.60. The van der Waals surface area contributed by atoms with Crippen LogP contribution in [0.2, 0.25) is 0 Å². The van der Waals surface area contributed by atoms with Crippen molar-refractivity contribution in [2.24, 2.45) is 0 Å².